The average Bonchev–Trinajstić information content (AvgIpc) is 2.87. The molecule has 0 aliphatic rings. The quantitative estimate of drug-likeness (QED) is 0.216. The summed E-state index contributed by atoms with van der Waals surface area (Å²) in [5.41, 5.74) is 6.49. The Morgan fingerprint density at radius 3 is 1.94 bits per heavy atom. The minimum absolute atomic E-state index is 0.0808. The Hall–Kier alpha value is -4.04. The third kappa shape index (κ3) is 3.95. The van der Waals surface area contributed by atoms with E-state index in [4.69, 9.17) is 4.99 Å². The van der Waals surface area contributed by atoms with Gasteiger partial charge in [-0.1, -0.05) is 103 Å². The lowest BCUT2D eigenvalue weighted by molar-refractivity contribution is 0.979. The van der Waals surface area contributed by atoms with Crippen LogP contribution in [0.2, 0.25) is 0 Å². The Kier molecular flexibility index (Phi) is 5.59. The van der Waals surface area contributed by atoms with Crippen molar-refractivity contribution in [2.75, 3.05) is 0 Å². The monoisotopic (exact) mass is 412 g/mol. The van der Waals surface area contributed by atoms with E-state index in [1.54, 1.807) is 0 Å². The highest BCUT2D eigenvalue weighted by Gasteiger charge is 2.21. The first-order chi connectivity index (χ1) is 15.8. The maximum absolute atomic E-state index is 5.18. The molecule has 0 bridgehead atoms. The summed E-state index contributed by atoms with van der Waals surface area (Å²) in [7, 11) is 0. The van der Waals surface area contributed by atoms with E-state index in [0.717, 1.165) is 22.5 Å². The van der Waals surface area contributed by atoms with Crippen LogP contribution in [0.15, 0.2) is 126 Å². The van der Waals surface area contributed by atoms with Gasteiger partial charge in [0.15, 0.2) is 0 Å². The van der Waals surface area contributed by atoms with E-state index in [1.807, 2.05) is 31.3 Å². The molecule has 154 valence electrons. The van der Waals surface area contributed by atoms with E-state index in [9.17, 15) is 0 Å². The van der Waals surface area contributed by atoms with Crippen LogP contribution in [0, 0.1) is 0 Å². The zero-order valence-electron chi connectivity index (χ0n) is 18.0. The second kappa shape index (κ2) is 8.99. The molecule has 0 amide bonds. The lowest BCUT2D eigenvalue weighted by atomic mass is 9.83. The maximum atomic E-state index is 5.18. The van der Waals surface area contributed by atoms with Gasteiger partial charge in [0.25, 0.3) is 0 Å². The molecule has 1 aromatic heterocycles. The number of rotatable bonds is 5. The lowest BCUT2D eigenvalue weighted by Crippen LogP contribution is -2.05. The van der Waals surface area contributed by atoms with Crippen molar-refractivity contribution in [3.05, 3.63) is 144 Å². The molecule has 0 spiro atoms. The Balaban J connectivity index is 1.79. The van der Waals surface area contributed by atoms with E-state index in [1.165, 1.54) is 22.1 Å². The van der Waals surface area contributed by atoms with Gasteiger partial charge in [-0.25, -0.2) is 0 Å². The SMILES string of the molecule is CC(=Nc1c(C(c2ccccc2)c2ccccc2)ccc2ccccc12)c1ccccn1. The molecule has 4 aromatic carbocycles. The van der Waals surface area contributed by atoms with Gasteiger partial charge in [0.2, 0.25) is 0 Å². The van der Waals surface area contributed by atoms with E-state index >= 15 is 0 Å². The normalized spacial score (nSPS) is 11.8. The van der Waals surface area contributed by atoms with Gasteiger partial charge in [-0.15, -0.1) is 0 Å². The average molecular weight is 413 g/mol. The number of aliphatic imine (C=N–C) groups is 1. The molecule has 32 heavy (non-hydrogen) atoms. The summed E-state index contributed by atoms with van der Waals surface area (Å²) in [6.45, 7) is 2.04. The summed E-state index contributed by atoms with van der Waals surface area (Å²) in [5.74, 6) is 0.0808. The highest BCUT2D eigenvalue weighted by Crippen LogP contribution is 2.41. The van der Waals surface area contributed by atoms with Crippen molar-refractivity contribution in [3.8, 4) is 0 Å². The molecule has 0 N–H and O–H groups in total. The Labute approximate surface area is 188 Å². The van der Waals surface area contributed by atoms with Crippen LogP contribution in [0.25, 0.3) is 10.8 Å². The number of pyridine rings is 1. The fraction of sp³-hybridized carbons (Fsp3) is 0.0667. The lowest BCUT2D eigenvalue weighted by Gasteiger charge is -2.22. The molecule has 1 heterocycles. The van der Waals surface area contributed by atoms with Gasteiger partial charge in [0.1, 0.15) is 0 Å². The molecular weight excluding hydrogens is 388 g/mol. The minimum Gasteiger partial charge on any atom is -0.255 e. The first-order valence-corrected chi connectivity index (χ1v) is 10.9. The van der Waals surface area contributed by atoms with Crippen LogP contribution < -0.4 is 0 Å². The largest absolute Gasteiger partial charge is 0.255 e. The molecule has 0 saturated carbocycles. The van der Waals surface area contributed by atoms with Crippen molar-refractivity contribution < 1.29 is 0 Å². The summed E-state index contributed by atoms with van der Waals surface area (Å²) in [6.07, 6.45) is 1.81. The number of aromatic nitrogens is 1. The molecule has 5 rings (SSSR count). The number of fused-ring (bicyclic) bond motifs is 1. The van der Waals surface area contributed by atoms with Gasteiger partial charge in [-0.2, -0.15) is 0 Å². The molecule has 2 nitrogen and oxygen atoms in total. The number of benzene rings is 4. The fourth-order valence-corrected chi connectivity index (χ4v) is 4.27. The van der Waals surface area contributed by atoms with Crippen LogP contribution in [0.5, 0.6) is 0 Å². The zero-order chi connectivity index (χ0) is 21.8. The van der Waals surface area contributed by atoms with Crippen molar-refractivity contribution in [3.63, 3.8) is 0 Å². The van der Waals surface area contributed by atoms with Crippen LogP contribution in [0.1, 0.15) is 35.2 Å². The summed E-state index contributed by atoms with van der Waals surface area (Å²) in [4.78, 5) is 9.70. The van der Waals surface area contributed by atoms with Crippen LogP contribution in [0.4, 0.5) is 5.69 Å². The predicted octanol–water partition coefficient (Wildman–Crippen LogP) is 7.56. The van der Waals surface area contributed by atoms with E-state index in [2.05, 4.69) is 102 Å². The third-order valence-electron chi connectivity index (χ3n) is 5.82. The van der Waals surface area contributed by atoms with Crippen LogP contribution in [0.3, 0.4) is 0 Å². The standard InChI is InChI=1S/C30H24N2/c1-22(28-18-10-11-21-31-28)32-30-26-17-9-8-12-23(26)19-20-27(30)29(24-13-4-2-5-14-24)25-15-6-3-7-16-25/h2-21,29H,1H3. The van der Waals surface area contributed by atoms with Gasteiger partial charge >= 0.3 is 0 Å². The van der Waals surface area contributed by atoms with Crippen LogP contribution in [-0.2, 0) is 0 Å². The summed E-state index contributed by atoms with van der Waals surface area (Å²) in [5, 5.41) is 2.33. The molecule has 0 aliphatic carbocycles. The molecule has 0 aliphatic heterocycles. The van der Waals surface area contributed by atoms with Crippen LogP contribution >= 0.6 is 0 Å². The molecule has 0 saturated heterocycles. The van der Waals surface area contributed by atoms with E-state index < -0.39 is 0 Å². The molecule has 0 atom stereocenters. The zero-order valence-corrected chi connectivity index (χ0v) is 18.0. The smallest absolute Gasteiger partial charge is 0.0841 e. The highest BCUT2D eigenvalue weighted by molar-refractivity contribution is 6.03. The van der Waals surface area contributed by atoms with E-state index in [-0.39, 0.29) is 5.92 Å². The second-order valence-corrected chi connectivity index (χ2v) is 7.89. The summed E-state index contributed by atoms with van der Waals surface area (Å²) < 4.78 is 0. The van der Waals surface area contributed by atoms with E-state index in [0.29, 0.717) is 0 Å². The number of hydrogen-bond donors (Lipinski definition) is 0. The summed E-state index contributed by atoms with van der Waals surface area (Å²) >= 11 is 0. The van der Waals surface area contributed by atoms with Gasteiger partial charge in [0.05, 0.1) is 17.1 Å². The third-order valence-corrected chi connectivity index (χ3v) is 5.82. The molecular formula is C30H24N2. The van der Waals surface area contributed by atoms with Crippen molar-refractivity contribution in [1.82, 2.24) is 4.98 Å². The van der Waals surface area contributed by atoms with Crippen molar-refractivity contribution >= 4 is 22.2 Å². The summed E-state index contributed by atoms with van der Waals surface area (Å²) in [6, 6.07) is 40.2. The van der Waals surface area contributed by atoms with Crippen LogP contribution in [-0.4, -0.2) is 10.7 Å². The first kappa shape index (κ1) is 19.9. The number of hydrogen-bond acceptors (Lipinski definition) is 2. The predicted molar refractivity (Wildman–Crippen MR) is 134 cm³/mol. The molecule has 5 aromatic rings. The molecule has 0 fully saturated rings. The Bertz CT molecular complexity index is 1320. The number of nitrogens with zero attached hydrogens (tertiary/aromatic N) is 2. The second-order valence-electron chi connectivity index (χ2n) is 7.89. The molecule has 0 unspecified atom stereocenters. The van der Waals surface area contributed by atoms with Gasteiger partial charge < -0.3 is 0 Å². The van der Waals surface area contributed by atoms with Gasteiger partial charge in [0, 0.05) is 17.5 Å². The van der Waals surface area contributed by atoms with Crippen molar-refractivity contribution in [1.29, 1.82) is 0 Å². The highest BCUT2D eigenvalue weighted by atomic mass is 14.8. The minimum atomic E-state index is 0.0808. The maximum Gasteiger partial charge on any atom is 0.0841 e. The van der Waals surface area contributed by atoms with Crippen molar-refractivity contribution in [2.24, 2.45) is 4.99 Å². The topological polar surface area (TPSA) is 25.2 Å². The molecule has 0 radical (unpaired) electrons. The van der Waals surface area contributed by atoms with Gasteiger partial charge in [-0.05, 0) is 41.1 Å². The Morgan fingerprint density at radius 1 is 0.656 bits per heavy atom. The van der Waals surface area contributed by atoms with Crippen molar-refractivity contribution in [2.45, 2.75) is 12.8 Å². The fourth-order valence-electron chi connectivity index (χ4n) is 4.27. The van der Waals surface area contributed by atoms with Gasteiger partial charge in [-0.3, -0.25) is 9.98 Å². The Morgan fingerprint density at radius 2 is 1.28 bits per heavy atom. The molecule has 2 heteroatoms. The first-order valence-electron chi connectivity index (χ1n) is 10.9.